The van der Waals surface area contributed by atoms with Crippen molar-refractivity contribution in [2.45, 2.75) is 13.3 Å². The Kier molecular flexibility index (Phi) is 2.23. The van der Waals surface area contributed by atoms with Crippen LogP contribution in [0.15, 0.2) is 36.9 Å². The van der Waals surface area contributed by atoms with Gasteiger partial charge in [-0.25, -0.2) is 4.98 Å². The minimum absolute atomic E-state index is 0.811. The van der Waals surface area contributed by atoms with Crippen molar-refractivity contribution in [2.24, 2.45) is 0 Å². The van der Waals surface area contributed by atoms with Gasteiger partial charge >= 0.3 is 0 Å². The van der Waals surface area contributed by atoms with Crippen molar-refractivity contribution in [1.82, 2.24) is 9.55 Å². The lowest BCUT2D eigenvalue weighted by Gasteiger charge is -2.08. The summed E-state index contributed by atoms with van der Waals surface area (Å²) in [5.74, 6) is 0. The first kappa shape index (κ1) is 8.81. The van der Waals surface area contributed by atoms with E-state index in [1.54, 1.807) is 12.5 Å². The molecule has 0 saturated heterocycles. The second-order valence-electron chi connectivity index (χ2n) is 3.21. The van der Waals surface area contributed by atoms with Crippen molar-refractivity contribution in [3.63, 3.8) is 0 Å². The monoisotopic (exact) mass is 187 g/mol. The average Bonchev–Trinajstić information content (AvgIpc) is 2.70. The van der Waals surface area contributed by atoms with Gasteiger partial charge in [0, 0.05) is 23.8 Å². The summed E-state index contributed by atoms with van der Waals surface area (Å²) >= 11 is 0. The fourth-order valence-electron chi connectivity index (χ4n) is 1.54. The maximum atomic E-state index is 5.73. The zero-order valence-electron chi connectivity index (χ0n) is 8.14. The second-order valence-corrected chi connectivity index (χ2v) is 3.21. The molecule has 1 aromatic heterocycles. The van der Waals surface area contributed by atoms with Crippen LogP contribution in [0.5, 0.6) is 0 Å². The number of hydrogen-bond donors (Lipinski definition) is 1. The van der Waals surface area contributed by atoms with Gasteiger partial charge in [0.15, 0.2) is 0 Å². The quantitative estimate of drug-likeness (QED) is 0.731. The van der Waals surface area contributed by atoms with Crippen LogP contribution >= 0.6 is 0 Å². The zero-order valence-corrected chi connectivity index (χ0v) is 8.14. The zero-order chi connectivity index (χ0) is 9.97. The molecule has 0 aliphatic heterocycles. The maximum absolute atomic E-state index is 5.73. The van der Waals surface area contributed by atoms with Crippen molar-refractivity contribution in [2.75, 3.05) is 5.73 Å². The van der Waals surface area contributed by atoms with E-state index < -0.39 is 0 Å². The van der Waals surface area contributed by atoms with Crippen LogP contribution in [-0.2, 0) is 6.42 Å². The summed E-state index contributed by atoms with van der Waals surface area (Å²) < 4.78 is 2.00. The summed E-state index contributed by atoms with van der Waals surface area (Å²) in [7, 11) is 0. The summed E-state index contributed by atoms with van der Waals surface area (Å²) in [5.41, 5.74) is 8.93. The summed E-state index contributed by atoms with van der Waals surface area (Å²) in [6.07, 6.45) is 6.48. The minimum Gasteiger partial charge on any atom is -0.399 e. The Hall–Kier alpha value is -1.77. The highest BCUT2D eigenvalue weighted by atomic mass is 15.0. The predicted octanol–water partition coefficient (Wildman–Crippen LogP) is 2.02. The molecule has 3 nitrogen and oxygen atoms in total. The first-order valence-corrected chi connectivity index (χ1v) is 4.68. The van der Waals surface area contributed by atoms with Gasteiger partial charge in [0.1, 0.15) is 0 Å². The lowest BCUT2D eigenvalue weighted by Crippen LogP contribution is -1.97. The van der Waals surface area contributed by atoms with Crippen LogP contribution in [0.25, 0.3) is 5.69 Å². The topological polar surface area (TPSA) is 43.8 Å². The van der Waals surface area contributed by atoms with Gasteiger partial charge in [-0.1, -0.05) is 6.92 Å². The number of aryl methyl sites for hydroxylation is 1. The molecule has 0 fully saturated rings. The van der Waals surface area contributed by atoms with Crippen LogP contribution in [0.2, 0.25) is 0 Å². The van der Waals surface area contributed by atoms with E-state index in [2.05, 4.69) is 11.9 Å². The fraction of sp³-hybridized carbons (Fsp3) is 0.182. The molecule has 0 spiro atoms. The molecule has 72 valence electrons. The van der Waals surface area contributed by atoms with Crippen molar-refractivity contribution >= 4 is 5.69 Å². The number of anilines is 1. The Morgan fingerprint density at radius 2 is 2.29 bits per heavy atom. The maximum Gasteiger partial charge on any atom is 0.0991 e. The Balaban J connectivity index is 2.53. The summed E-state index contributed by atoms with van der Waals surface area (Å²) in [6.45, 7) is 2.12. The van der Waals surface area contributed by atoms with E-state index >= 15 is 0 Å². The highest BCUT2D eigenvalue weighted by Gasteiger charge is 2.02. The minimum atomic E-state index is 0.811. The molecule has 0 saturated carbocycles. The molecule has 2 rings (SSSR count). The largest absolute Gasteiger partial charge is 0.399 e. The highest BCUT2D eigenvalue weighted by Crippen LogP contribution is 2.18. The van der Waals surface area contributed by atoms with Crippen LogP contribution in [-0.4, -0.2) is 9.55 Å². The molecule has 0 aliphatic rings. The van der Waals surface area contributed by atoms with Gasteiger partial charge in [-0.2, -0.15) is 0 Å². The van der Waals surface area contributed by atoms with Crippen LogP contribution in [0.1, 0.15) is 12.5 Å². The molecule has 2 aromatic rings. The number of aromatic nitrogens is 2. The number of hydrogen-bond acceptors (Lipinski definition) is 2. The number of rotatable bonds is 2. The van der Waals surface area contributed by atoms with Gasteiger partial charge in [-0.05, 0) is 30.2 Å². The van der Waals surface area contributed by atoms with E-state index in [0.29, 0.717) is 0 Å². The molecular weight excluding hydrogens is 174 g/mol. The Labute approximate surface area is 83.2 Å². The number of benzene rings is 1. The van der Waals surface area contributed by atoms with E-state index in [1.165, 1.54) is 5.56 Å². The molecule has 0 amide bonds. The SMILES string of the molecule is CCc1cc(N)ccc1-n1ccnc1. The molecule has 0 radical (unpaired) electrons. The van der Waals surface area contributed by atoms with E-state index in [0.717, 1.165) is 17.8 Å². The molecule has 14 heavy (non-hydrogen) atoms. The van der Waals surface area contributed by atoms with Crippen LogP contribution < -0.4 is 5.73 Å². The van der Waals surface area contributed by atoms with Gasteiger partial charge in [0.25, 0.3) is 0 Å². The average molecular weight is 187 g/mol. The van der Waals surface area contributed by atoms with Gasteiger partial charge in [-0.3, -0.25) is 0 Å². The Morgan fingerprint density at radius 3 is 2.93 bits per heavy atom. The Bertz CT molecular complexity index is 418. The van der Waals surface area contributed by atoms with Gasteiger partial charge in [0.05, 0.1) is 6.33 Å². The van der Waals surface area contributed by atoms with Crippen LogP contribution in [0, 0.1) is 0 Å². The number of nitrogen functional groups attached to an aromatic ring is 1. The lowest BCUT2D eigenvalue weighted by molar-refractivity contribution is 1.00. The molecule has 3 heteroatoms. The number of nitrogens with two attached hydrogens (primary N) is 1. The van der Waals surface area contributed by atoms with Crippen molar-refractivity contribution in [3.8, 4) is 5.69 Å². The van der Waals surface area contributed by atoms with Crippen LogP contribution in [0.4, 0.5) is 5.69 Å². The fourth-order valence-corrected chi connectivity index (χ4v) is 1.54. The summed E-state index contributed by atoms with van der Waals surface area (Å²) in [4.78, 5) is 4.03. The molecule has 0 bridgehead atoms. The standard InChI is InChI=1S/C11H13N3/c1-2-9-7-10(12)3-4-11(9)14-6-5-13-8-14/h3-8H,2,12H2,1H3. The van der Waals surface area contributed by atoms with E-state index in [1.807, 2.05) is 29.0 Å². The second kappa shape index (κ2) is 3.54. The van der Waals surface area contributed by atoms with Gasteiger partial charge < -0.3 is 10.3 Å². The first-order valence-electron chi connectivity index (χ1n) is 4.68. The normalized spacial score (nSPS) is 10.4. The molecular formula is C11H13N3. The van der Waals surface area contributed by atoms with Crippen LogP contribution in [0.3, 0.4) is 0 Å². The molecule has 2 N–H and O–H groups in total. The molecule has 0 aliphatic carbocycles. The van der Waals surface area contributed by atoms with Crippen molar-refractivity contribution in [3.05, 3.63) is 42.5 Å². The first-order chi connectivity index (χ1) is 6.81. The smallest absolute Gasteiger partial charge is 0.0991 e. The van der Waals surface area contributed by atoms with E-state index in [9.17, 15) is 0 Å². The summed E-state index contributed by atoms with van der Waals surface area (Å²) in [6, 6.07) is 5.94. The third kappa shape index (κ3) is 1.48. The predicted molar refractivity (Wildman–Crippen MR) is 57.4 cm³/mol. The Morgan fingerprint density at radius 1 is 1.43 bits per heavy atom. The van der Waals surface area contributed by atoms with E-state index in [4.69, 9.17) is 5.73 Å². The molecule has 0 unspecified atom stereocenters. The lowest BCUT2D eigenvalue weighted by atomic mass is 10.1. The molecule has 0 atom stereocenters. The van der Waals surface area contributed by atoms with Gasteiger partial charge in [-0.15, -0.1) is 0 Å². The van der Waals surface area contributed by atoms with Crippen molar-refractivity contribution in [1.29, 1.82) is 0 Å². The number of nitrogens with zero attached hydrogens (tertiary/aromatic N) is 2. The highest BCUT2D eigenvalue weighted by molar-refractivity contribution is 5.51. The third-order valence-corrected chi connectivity index (χ3v) is 2.27. The van der Waals surface area contributed by atoms with Gasteiger partial charge in [0.2, 0.25) is 0 Å². The third-order valence-electron chi connectivity index (χ3n) is 2.27. The summed E-state index contributed by atoms with van der Waals surface area (Å²) in [5, 5.41) is 0. The number of imidazole rings is 1. The van der Waals surface area contributed by atoms with Crippen molar-refractivity contribution < 1.29 is 0 Å². The van der Waals surface area contributed by atoms with E-state index in [-0.39, 0.29) is 0 Å². The molecule has 1 heterocycles. The molecule has 1 aromatic carbocycles.